The van der Waals surface area contributed by atoms with E-state index in [1.165, 1.54) is 0 Å². The lowest BCUT2D eigenvalue weighted by molar-refractivity contribution is -0.309. The van der Waals surface area contributed by atoms with Gasteiger partial charge >= 0.3 is 5.97 Å². The molecule has 0 aliphatic carbocycles. The smallest absolute Gasteiger partial charge is 0.320 e. The van der Waals surface area contributed by atoms with Gasteiger partial charge in [0.05, 0.1) is 5.97 Å². The van der Waals surface area contributed by atoms with Crippen LogP contribution in [0.15, 0.2) is 23.5 Å². The fraction of sp³-hybridized carbons (Fsp3) is 0.125. The first-order valence-corrected chi connectivity index (χ1v) is 3.57. The van der Waals surface area contributed by atoms with Gasteiger partial charge in [0, 0.05) is 12.4 Å². The molecule has 0 saturated heterocycles. The summed E-state index contributed by atoms with van der Waals surface area (Å²) in [6.45, 7) is 0. The van der Waals surface area contributed by atoms with Crippen molar-refractivity contribution in [1.82, 2.24) is 0 Å². The number of allylic oxidation sites excluding steroid dienone is 2. The highest BCUT2D eigenvalue weighted by atomic mass is 16.4. The monoisotopic (exact) mass is 213 g/mol. The molecule has 0 atom stereocenters. The Bertz CT molecular complexity index is 350. The summed E-state index contributed by atoms with van der Waals surface area (Å²) in [7, 11) is 0. The number of carbonyl (C=O) groups excluding carboxylic acids is 2. The molecule has 0 aliphatic heterocycles. The number of carboxylic acid groups (broad SMARTS) is 3. The van der Waals surface area contributed by atoms with E-state index in [0.29, 0.717) is 12.2 Å². The molecule has 0 radical (unpaired) electrons. The Morgan fingerprint density at radius 3 is 1.93 bits per heavy atom. The molecule has 15 heavy (non-hydrogen) atoms. The van der Waals surface area contributed by atoms with Crippen LogP contribution in [0.3, 0.4) is 0 Å². The Balaban J connectivity index is 4.85. The van der Waals surface area contributed by atoms with Gasteiger partial charge in [0.1, 0.15) is 0 Å². The summed E-state index contributed by atoms with van der Waals surface area (Å²) in [5.74, 6) is -6.64. The maximum atomic E-state index is 10.5. The molecule has 0 rings (SSSR count). The molecule has 82 valence electrons. The molecule has 0 heterocycles. The molecular formula is C8H5O7-3. The van der Waals surface area contributed by atoms with Crippen LogP contribution in [0.1, 0.15) is 6.42 Å². The molecule has 0 aromatic rings. The zero-order valence-electron chi connectivity index (χ0n) is 7.26. The third-order valence-corrected chi connectivity index (χ3v) is 1.24. The summed E-state index contributed by atoms with van der Waals surface area (Å²) in [6.07, 6.45) is 0.0176. The third-order valence-electron chi connectivity index (χ3n) is 1.24. The second kappa shape index (κ2) is 5.43. The number of hydrogen-bond acceptors (Lipinski definition) is 6. The second-order valence-electron chi connectivity index (χ2n) is 2.36. The third kappa shape index (κ3) is 5.09. The van der Waals surface area contributed by atoms with Gasteiger partial charge in [-0.2, -0.15) is 0 Å². The highest BCUT2D eigenvalue weighted by Crippen LogP contribution is 2.00. The van der Waals surface area contributed by atoms with Crippen molar-refractivity contribution in [3.8, 4) is 0 Å². The highest BCUT2D eigenvalue weighted by molar-refractivity contribution is 5.91. The van der Waals surface area contributed by atoms with Gasteiger partial charge in [-0.05, 0) is 11.3 Å². The van der Waals surface area contributed by atoms with Crippen molar-refractivity contribution in [1.29, 1.82) is 0 Å². The van der Waals surface area contributed by atoms with Gasteiger partial charge < -0.3 is 30.0 Å². The van der Waals surface area contributed by atoms with Crippen molar-refractivity contribution in [2.45, 2.75) is 6.42 Å². The lowest BCUT2D eigenvalue weighted by atomic mass is 10.1. The van der Waals surface area contributed by atoms with E-state index in [4.69, 9.17) is 5.11 Å². The van der Waals surface area contributed by atoms with Crippen molar-refractivity contribution < 1.29 is 34.8 Å². The molecule has 0 amide bonds. The van der Waals surface area contributed by atoms with Crippen LogP contribution in [0.4, 0.5) is 0 Å². The summed E-state index contributed by atoms with van der Waals surface area (Å²) in [5, 5.41) is 38.9. The topological polar surface area (TPSA) is 141 Å². The standard InChI is InChI=1S/C8H8O7/c9-5(8(14)15)2-1-4(7(12)13)3-6(10)11/h1-2,9H,3H2,(H,10,11)(H,12,13)(H,14,15)/p-3/b4-1-,5-2-. The van der Waals surface area contributed by atoms with Gasteiger partial charge in [-0.1, -0.05) is 12.2 Å². The van der Waals surface area contributed by atoms with Crippen LogP contribution < -0.4 is 15.3 Å². The lowest BCUT2D eigenvalue weighted by Crippen LogP contribution is -2.30. The Morgan fingerprint density at radius 1 is 1.07 bits per heavy atom. The molecule has 0 unspecified atom stereocenters. The average Bonchev–Trinajstić information content (AvgIpc) is 2.10. The van der Waals surface area contributed by atoms with Gasteiger partial charge in [0.25, 0.3) is 0 Å². The van der Waals surface area contributed by atoms with Crippen LogP contribution >= 0.6 is 0 Å². The summed E-state index contributed by atoms with van der Waals surface area (Å²) in [5.41, 5.74) is -0.746. The lowest BCUT2D eigenvalue weighted by Gasteiger charge is -2.09. The van der Waals surface area contributed by atoms with E-state index in [2.05, 4.69) is 0 Å². The minimum atomic E-state index is -1.81. The number of carbonyl (C=O) groups is 3. The first-order chi connectivity index (χ1) is 6.84. The summed E-state index contributed by atoms with van der Waals surface area (Å²) in [6, 6.07) is 0. The van der Waals surface area contributed by atoms with Crippen LogP contribution in [0.25, 0.3) is 0 Å². The predicted octanol–water partition coefficient (Wildman–Crippen LogP) is -3.87. The van der Waals surface area contributed by atoms with Gasteiger partial charge in [-0.25, -0.2) is 4.79 Å². The number of carboxylic acids is 3. The first kappa shape index (κ1) is 12.7. The SMILES string of the molecule is O=C([O-])C/C(=C/C=C(\[O-])C(=O)O)C(=O)[O-]. The van der Waals surface area contributed by atoms with Gasteiger partial charge in [-0.15, -0.1) is 0 Å². The maximum absolute atomic E-state index is 10.5. The number of rotatable bonds is 5. The average molecular weight is 213 g/mol. The van der Waals surface area contributed by atoms with E-state index in [-0.39, 0.29) is 0 Å². The molecular weight excluding hydrogens is 208 g/mol. The van der Waals surface area contributed by atoms with Crippen molar-refractivity contribution >= 4 is 17.9 Å². The van der Waals surface area contributed by atoms with E-state index in [1.807, 2.05) is 0 Å². The largest absolute Gasteiger partial charge is 0.868 e. The first-order valence-electron chi connectivity index (χ1n) is 3.57. The molecule has 0 aromatic heterocycles. The molecule has 1 N–H and O–H groups in total. The fourth-order valence-corrected chi connectivity index (χ4v) is 0.602. The van der Waals surface area contributed by atoms with Gasteiger partial charge in [0.2, 0.25) is 0 Å². The molecule has 0 fully saturated rings. The minimum Gasteiger partial charge on any atom is -0.868 e. The Labute approximate surface area is 83.6 Å². The van der Waals surface area contributed by atoms with Crippen molar-refractivity contribution in [2.24, 2.45) is 0 Å². The molecule has 0 aromatic carbocycles. The van der Waals surface area contributed by atoms with E-state index in [9.17, 15) is 29.7 Å². The fourth-order valence-electron chi connectivity index (χ4n) is 0.602. The molecule has 0 spiro atoms. The van der Waals surface area contributed by atoms with Crippen molar-refractivity contribution in [3.63, 3.8) is 0 Å². The van der Waals surface area contributed by atoms with E-state index in [1.54, 1.807) is 0 Å². The Hall–Kier alpha value is -2.31. The van der Waals surface area contributed by atoms with Crippen LogP contribution in [-0.2, 0) is 14.4 Å². The predicted molar refractivity (Wildman–Crippen MR) is 38.4 cm³/mol. The summed E-state index contributed by atoms with van der Waals surface area (Å²) >= 11 is 0. The van der Waals surface area contributed by atoms with Crippen LogP contribution in [-0.4, -0.2) is 23.0 Å². The zero-order valence-corrected chi connectivity index (χ0v) is 7.26. The zero-order chi connectivity index (χ0) is 12.0. The number of aliphatic carboxylic acids is 3. The molecule has 0 saturated carbocycles. The maximum Gasteiger partial charge on any atom is 0.320 e. The Morgan fingerprint density at radius 2 is 1.60 bits per heavy atom. The molecule has 0 aliphatic rings. The molecule has 7 nitrogen and oxygen atoms in total. The highest BCUT2D eigenvalue weighted by Gasteiger charge is 1.98. The van der Waals surface area contributed by atoms with E-state index in [0.717, 1.165) is 0 Å². The van der Waals surface area contributed by atoms with E-state index >= 15 is 0 Å². The van der Waals surface area contributed by atoms with Crippen LogP contribution in [0, 0.1) is 0 Å². The molecule has 0 bridgehead atoms. The van der Waals surface area contributed by atoms with Crippen molar-refractivity contribution in [2.75, 3.05) is 0 Å². The van der Waals surface area contributed by atoms with Crippen molar-refractivity contribution in [3.05, 3.63) is 23.5 Å². The van der Waals surface area contributed by atoms with Crippen LogP contribution in [0.5, 0.6) is 0 Å². The number of hydrogen-bond donors (Lipinski definition) is 1. The van der Waals surface area contributed by atoms with E-state index < -0.39 is 35.7 Å². The second-order valence-corrected chi connectivity index (χ2v) is 2.36. The quantitative estimate of drug-likeness (QED) is 0.279. The summed E-state index contributed by atoms with van der Waals surface area (Å²) < 4.78 is 0. The van der Waals surface area contributed by atoms with Crippen LogP contribution in [0.2, 0.25) is 0 Å². The Kier molecular flexibility index (Phi) is 4.59. The summed E-state index contributed by atoms with van der Waals surface area (Å²) in [4.78, 5) is 30.3. The van der Waals surface area contributed by atoms with Gasteiger partial charge in [0.15, 0.2) is 0 Å². The normalized spacial score (nSPS) is 12.3. The van der Waals surface area contributed by atoms with Gasteiger partial charge in [-0.3, -0.25) is 0 Å². The molecule has 7 heteroatoms. The minimum absolute atomic E-state index is 0.427.